The third kappa shape index (κ3) is 6.09. The number of aryl methyl sites for hydroxylation is 1. The van der Waals surface area contributed by atoms with E-state index in [2.05, 4.69) is 13.0 Å². The molecule has 156 valence electrons. The molecule has 0 bridgehead atoms. The van der Waals surface area contributed by atoms with Gasteiger partial charge in [-0.15, -0.1) is 0 Å². The first-order chi connectivity index (χ1) is 13.7. The van der Waals surface area contributed by atoms with Gasteiger partial charge in [-0.2, -0.15) is 0 Å². The van der Waals surface area contributed by atoms with Crippen LogP contribution in [0, 0.1) is 23.6 Å². The fraction of sp³-hybridized carbons (Fsp3) is 0.692. The van der Waals surface area contributed by atoms with Crippen molar-refractivity contribution < 1.29 is 9.13 Å². The predicted molar refractivity (Wildman–Crippen MR) is 116 cm³/mol. The van der Waals surface area contributed by atoms with Crippen LogP contribution < -0.4 is 4.74 Å². The van der Waals surface area contributed by atoms with Crippen molar-refractivity contribution in [2.45, 2.75) is 90.9 Å². The molecule has 0 aromatic heterocycles. The van der Waals surface area contributed by atoms with Crippen molar-refractivity contribution >= 4 is 0 Å². The summed E-state index contributed by atoms with van der Waals surface area (Å²) in [5.74, 6) is 3.06. The Morgan fingerprint density at radius 3 is 2.43 bits per heavy atom. The molecule has 0 N–H and O–H groups in total. The summed E-state index contributed by atoms with van der Waals surface area (Å²) in [7, 11) is 0. The van der Waals surface area contributed by atoms with Crippen molar-refractivity contribution in [2.24, 2.45) is 17.8 Å². The molecule has 0 radical (unpaired) electrons. The highest BCUT2D eigenvalue weighted by molar-refractivity contribution is 5.30. The van der Waals surface area contributed by atoms with Crippen molar-refractivity contribution in [3.8, 4) is 5.75 Å². The van der Waals surface area contributed by atoms with Crippen LogP contribution in [0.25, 0.3) is 0 Å². The molecule has 0 saturated heterocycles. The molecule has 2 aliphatic carbocycles. The van der Waals surface area contributed by atoms with Crippen LogP contribution in [-0.4, -0.2) is 6.61 Å². The normalized spacial score (nSPS) is 25.4. The lowest BCUT2D eigenvalue weighted by atomic mass is 9.70. The zero-order valence-electron chi connectivity index (χ0n) is 18.0. The SMILES string of the molecule is CCCOc1ccc(CCC2=CCC(C3CCC(CCC)CC3)CC2)cc1F. The number of rotatable bonds is 9. The van der Waals surface area contributed by atoms with Gasteiger partial charge >= 0.3 is 0 Å². The van der Waals surface area contributed by atoms with Crippen LogP contribution >= 0.6 is 0 Å². The van der Waals surface area contributed by atoms with Crippen LogP contribution in [-0.2, 0) is 6.42 Å². The Kier molecular flexibility index (Phi) is 8.43. The average Bonchev–Trinajstić information content (AvgIpc) is 2.73. The largest absolute Gasteiger partial charge is 0.491 e. The predicted octanol–water partition coefficient (Wildman–Crippen LogP) is 7.88. The van der Waals surface area contributed by atoms with Crippen LogP contribution in [0.3, 0.4) is 0 Å². The van der Waals surface area contributed by atoms with Crippen molar-refractivity contribution in [1.29, 1.82) is 0 Å². The molecule has 1 unspecified atom stereocenters. The molecule has 1 fully saturated rings. The molecule has 0 spiro atoms. The summed E-state index contributed by atoms with van der Waals surface area (Å²) in [5, 5.41) is 0. The minimum absolute atomic E-state index is 0.220. The van der Waals surface area contributed by atoms with Crippen molar-refractivity contribution in [3.63, 3.8) is 0 Å². The van der Waals surface area contributed by atoms with Crippen LogP contribution in [0.5, 0.6) is 5.75 Å². The lowest BCUT2D eigenvalue weighted by Crippen LogP contribution is -2.23. The smallest absolute Gasteiger partial charge is 0.165 e. The Hall–Kier alpha value is -1.31. The van der Waals surface area contributed by atoms with Gasteiger partial charge in [-0.25, -0.2) is 4.39 Å². The van der Waals surface area contributed by atoms with Gasteiger partial charge in [0.15, 0.2) is 11.6 Å². The molecule has 0 aliphatic heterocycles. The maximum atomic E-state index is 14.1. The van der Waals surface area contributed by atoms with E-state index in [9.17, 15) is 4.39 Å². The Labute approximate surface area is 171 Å². The highest BCUT2D eigenvalue weighted by Gasteiger charge is 2.28. The average molecular weight is 387 g/mol. The number of ether oxygens (including phenoxy) is 1. The molecule has 1 aromatic rings. The van der Waals surface area contributed by atoms with Gasteiger partial charge in [0.05, 0.1) is 6.61 Å². The van der Waals surface area contributed by atoms with Crippen LogP contribution in [0.1, 0.15) is 90.0 Å². The van der Waals surface area contributed by atoms with E-state index in [4.69, 9.17) is 4.74 Å². The lowest BCUT2D eigenvalue weighted by molar-refractivity contribution is 0.186. The molecule has 1 atom stereocenters. The van der Waals surface area contributed by atoms with Gasteiger partial charge in [-0.1, -0.05) is 57.2 Å². The van der Waals surface area contributed by atoms with Gasteiger partial charge < -0.3 is 4.74 Å². The molecular weight excluding hydrogens is 347 g/mol. The summed E-state index contributed by atoms with van der Waals surface area (Å²) in [6.07, 6.45) is 18.0. The summed E-state index contributed by atoms with van der Waals surface area (Å²) >= 11 is 0. The molecule has 0 heterocycles. The van der Waals surface area contributed by atoms with Gasteiger partial charge in [0, 0.05) is 0 Å². The summed E-state index contributed by atoms with van der Waals surface area (Å²) in [4.78, 5) is 0. The summed E-state index contributed by atoms with van der Waals surface area (Å²) < 4.78 is 19.6. The van der Waals surface area contributed by atoms with Gasteiger partial charge in [0.2, 0.25) is 0 Å². The molecule has 1 aromatic carbocycles. The van der Waals surface area contributed by atoms with Gasteiger partial charge in [0.1, 0.15) is 0 Å². The van der Waals surface area contributed by atoms with Crippen LogP contribution in [0.2, 0.25) is 0 Å². The van der Waals surface area contributed by atoms with Crippen molar-refractivity contribution in [3.05, 3.63) is 41.2 Å². The number of hydrogen-bond donors (Lipinski definition) is 0. The highest BCUT2D eigenvalue weighted by Crippen LogP contribution is 2.41. The van der Waals surface area contributed by atoms with Crippen LogP contribution in [0.15, 0.2) is 29.8 Å². The standard InChI is InChI=1S/C26H39FO/c1-3-5-20-8-13-23(14-9-20)24-15-10-21(11-16-24)6-7-22-12-17-26(25(27)19-22)28-18-4-2/h10,12,17,19-20,23-24H,3-9,11,13-16,18H2,1-2H3. The molecule has 0 amide bonds. The lowest BCUT2D eigenvalue weighted by Gasteiger charge is -2.35. The second-order valence-corrected chi connectivity index (χ2v) is 9.08. The first kappa shape index (κ1) is 21.4. The molecule has 28 heavy (non-hydrogen) atoms. The van der Waals surface area contributed by atoms with Crippen LogP contribution in [0.4, 0.5) is 4.39 Å². The van der Waals surface area contributed by atoms with E-state index < -0.39 is 0 Å². The zero-order valence-corrected chi connectivity index (χ0v) is 18.0. The second-order valence-electron chi connectivity index (χ2n) is 9.08. The Morgan fingerprint density at radius 1 is 0.964 bits per heavy atom. The Balaban J connectivity index is 1.43. The summed E-state index contributed by atoms with van der Waals surface area (Å²) in [6.45, 7) is 4.93. The van der Waals surface area contributed by atoms with E-state index in [0.29, 0.717) is 12.4 Å². The third-order valence-electron chi connectivity index (χ3n) is 6.99. The maximum Gasteiger partial charge on any atom is 0.165 e. The molecule has 1 nitrogen and oxygen atoms in total. The van der Waals surface area contributed by atoms with E-state index in [1.807, 2.05) is 13.0 Å². The van der Waals surface area contributed by atoms with Crippen molar-refractivity contribution in [1.82, 2.24) is 0 Å². The summed E-state index contributed by atoms with van der Waals surface area (Å²) in [6, 6.07) is 5.47. The minimum Gasteiger partial charge on any atom is -0.491 e. The number of benzene rings is 1. The Bertz CT molecular complexity index is 627. The number of halogens is 1. The first-order valence-electron chi connectivity index (χ1n) is 11.8. The van der Waals surface area contributed by atoms with Gasteiger partial charge in [-0.3, -0.25) is 0 Å². The van der Waals surface area contributed by atoms with Gasteiger partial charge in [-0.05, 0) is 86.8 Å². The molecule has 3 rings (SSSR count). The fourth-order valence-corrected chi connectivity index (χ4v) is 5.25. The van der Waals surface area contributed by atoms with E-state index in [1.165, 1.54) is 57.8 Å². The minimum atomic E-state index is -0.220. The summed E-state index contributed by atoms with van der Waals surface area (Å²) in [5.41, 5.74) is 2.67. The van der Waals surface area contributed by atoms with Crippen molar-refractivity contribution in [2.75, 3.05) is 6.61 Å². The quantitative estimate of drug-likeness (QED) is 0.392. The monoisotopic (exact) mass is 386 g/mol. The maximum absolute atomic E-state index is 14.1. The zero-order chi connectivity index (χ0) is 19.8. The van der Waals surface area contributed by atoms with E-state index in [0.717, 1.165) is 42.6 Å². The number of hydrogen-bond acceptors (Lipinski definition) is 1. The first-order valence-corrected chi connectivity index (χ1v) is 11.8. The van der Waals surface area contributed by atoms with E-state index in [-0.39, 0.29) is 5.82 Å². The Morgan fingerprint density at radius 2 is 1.79 bits per heavy atom. The highest BCUT2D eigenvalue weighted by atomic mass is 19.1. The molecule has 2 aliphatic rings. The second kappa shape index (κ2) is 11.0. The fourth-order valence-electron chi connectivity index (χ4n) is 5.25. The molecule has 1 saturated carbocycles. The van der Waals surface area contributed by atoms with E-state index in [1.54, 1.807) is 17.7 Å². The molecular formula is C26H39FO. The number of allylic oxidation sites excluding steroid dienone is 2. The molecule has 2 heteroatoms. The van der Waals surface area contributed by atoms with Gasteiger partial charge in [0.25, 0.3) is 0 Å². The van der Waals surface area contributed by atoms with E-state index >= 15 is 0 Å². The topological polar surface area (TPSA) is 9.23 Å². The third-order valence-corrected chi connectivity index (χ3v) is 6.99.